The molecule has 21 heavy (non-hydrogen) atoms. The first-order chi connectivity index (χ1) is 9.98. The molecule has 1 heteroatoms. The largest absolute Gasteiger partial charge is 0.212 e. The molecule has 1 saturated carbocycles. The molecule has 2 bridgehead atoms. The van der Waals surface area contributed by atoms with Crippen LogP contribution in [0.15, 0.2) is 36.5 Å². The van der Waals surface area contributed by atoms with E-state index in [1.807, 2.05) is 0 Å². The van der Waals surface area contributed by atoms with Crippen LogP contribution in [-0.4, -0.2) is 0 Å². The van der Waals surface area contributed by atoms with Gasteiger partial charge in [0.2, 0.25) is 5.69 Å². The van der Waals surface area contributed by atoms with Crippen LogP contribution in [0.4, 0.5) is 0 Å². The molecule has 1 fully saturated rings. The lowest BCUT2D eigenvalue weighted by molar-refractivity contribution is -0.661. The maximum absolute atomic E-state index is 2.45. The first kappa shape index (κ1) is 13.1. The summed E-state index contributed by atoms with van der Waals surface area (Å²) in [4.78, 5) is 0. The fourth-order valence-electron chi connectivity index (χ4n) is 4.49. The van der Waals surface area contributed by atoms with E-state index in [2.05, 4.69) is 68.9 Å². The van der Waals surface area contributed by atoms with Gasteiger partial charge in [0, 0.05) is 17.2 Å². The van der Waals surface area contributed by atoms with Crippen molar-refractivity contribution in [1.29, 1.82) is 0 Å². The van der Waals surface area contributed by atoms with Gasteiger partial charge in [-0.25, -0.2) is 4.57 Å². The Labute approximate surface area is 127 Å². The van der Waals surface area contributed by atoms with Crippen LogP contribution < -0.4 is 4.57 Å². The van der Waals surface area contributed by atoms with Crippen molar-refractivity contribution >= 4 is 0 Å². The zero-order valence-electron chi connectivity index (χ0n) is 13.5. The van der Waals surface area contributed by atoms with Crippen molar-refractivity contribution in [3.8, 4) is 11.3 Å². The summed E-state index contributed by atoms with van der Waals surface area (Å²) in [6.07, 6.45) is 5.06. The maximum atomic E-state index is 2.45. The smallest absolute Gasteiger partial charge is 0.201 e. The standard InChI is InChI=1S/C20H24N/c1-13-7-5-6-8-16(13)19-10-14-9-15-11-18(20(15,2)3)17(14)12-21(19)4/h5-8,10,12,15,18H,9,11H2,1-4H3/q+1. The lowest BCUT2D eigenvalue weighted by Gasteiger charge is -2.56. The molecule has 1 aromatic heterocycles. The van der Waals surface area contributed by atoms with Crippen LogP contribution in [0.1, 0.15) is 42.9 Å². The Morgan fingerprint density at radius 3 is 2.67 bits per heavy atom. The Kier molecular flexibility index (Phi) is 2.61. The molecule has 0 N–H and O–H groups in total. The number of hydrogen-bond acceptors (Lipinski definition) is 0. The minimum Gasteiger partial charge on any atom is -0.201 e. The average molecular weight is 278 g/mol. The molecular formula is C20H24N+. The predicted molar refractivity (Wildman–Crippen MR) is 86.1 cm³/mol. The predicted octanol–water partition coefficient (Wildman–Crippen LogP) is 4.17. The van der Waals surface area contributed by atoms with Crippen LogP contribution in [0.5, 0.6) is 0 Å². The summed E-state index contributed by atoms with van der Waals surface area (Å²) in [6, 6.07) is 11.2. The third-order valence-electron chi connectivity index (χ3n) is 6.13. The number of rotatable bonds is 1. The number of hydrogen-bond donors (Lipinski definition) is 0. The highest BCUT2D eigenvalue weighted by molar-refractivity contribution is 5.62. The molecule has 0 aliphatic heterocycles. The topological polar surface area (TPSA) is 3.88 Å². The molecule has 2 atom stereocenters. The van der Waals surface area contributed by atoms with E-state index < -0.39 is 0 Å². The summed E-state index contributed by atoms with van der Waals surface area (Å²) in [7, 11) is 2.19. The highest BCUT2D eigenvalue weighted by Crippen LogP contribution is 2.61. The molecule has 3 aliphatic rings. The zero-order chi connectivity index (χ0) is 14.8. The summed E-state index contributed by atoms with van der Waals surface area (Å²) < 4.78 is 2.33. The molecule has 2 aromatic rings. The Balaban J connectivity index is 1.86. The highest BCUT2D eigenvalue weighted by Gasteiger charge is 2.53. The number of aryl methyl sites for hydroxylation is 2. The van der Waals surface area contributed by atoms with Gasteiger partial charge in [-0.3, -0.25) is 0 Å². The first-order valence-corrected chi connectivity index (χ1v) is 8.07. The molecule has 0 spiro atoms. The van der Waals surface area contributed by atoms with Crippen LogP contribution in [0, 0.1) is 18.3 Å². The van der Waals surface area contributed by atoms with Crippen LogP contribution in [0.25, 0.3) is 11.3 Å². The molecule has 1 heterocycles. The van der Waals surface area contributed by atoms with Crippen LogP contribution >= 0.6 is 0 Å². The van der Waals surface area contributed by atoms with Crippen LogP contribution in [0.3, 0.4) is 0 Å². The van der Waals surface area contributed by atoms with Crippen molar-refractivity contribution in [3.05, 3.63) is 53.2 Å². The number of benzene rings is 1. The molecule has 2 unspecified atom stereocenters. The van der Waals surface area contributed by atoms with Gasteiger partial charge in [0.05, 0.1) is 0 Å². The molecule has 0 amide bonds. The van der Waals surface area contributed by atoms with E-state index in [0.29, 0.717) is 5.41 Å². The van der Waals surface area contributed by atoms with Crippen molar-refractivity contribution < 1.29 is 4.57 Å². The van der Waals surface area contributed by atoms with Gasteiger partial charge >= 0.3 is 0 Å². The van der Waals surface area contributed by atoms with Crippen molar-refractivity contribution in [2.24, 2.45) is 18.4 Å². The van der Waals surface area contributed by atoms with Crippen molar-refractivity contribution in [2.75, 3.05) is 0 Å². The van der Waals surface area contributed by atoms with E-state index in [4.69, 9.17) is 0 Å². The van der Waals surface area contributed by atoms with Crippen molar-refractivity contribution in [3.63, 3.8) is 0 Å². The molecule has 108 valence electrons. The first-order valence-electron chi connectivity index (χ1n) is 8.07. The quantitative estimate of drug-likeness (QED) is 0.689. The number of pyridine rings is 1. The normalized spacial score (nSPS) is 25.1. The van der Waals surface area contributed by atoms with E-state index in [-0.39, 0.29) is 0 Å². The average Bonchev–Trinajstić information content (AvgIpc) is 2.46. The van der Waals surface area contributed by atoms with E-state index in [0.717, 1.165) is 11.8 Å². The summed E-state index contributed by atoms with van der Waals surface area (Å²) >= 11 is 0. The van der Waals surface area contributed by atoms with Crippen molar-refractivity contribution in [2.45, 2.75) is 39.5 Å². The Morgan fingerprint density at radius 1 is 1.19 bits per heavy atom. The Bertz CT molecular complexity index is 727. The summed E-state index contributed by atoms with van der Waals surface area (Å²) in [5, 5.41) is 0. The van der Waals surface area contributed by atoms with Gasteiger partial charge in [0.1, 0.15) is 7.05 Å². The maximum Gasteiger partial charge on any atom is 0.212 e. The Hall–Kier alpha value is -1.63. The summed E-state index contributed by atoms with van der Waals surface area (Å²) in [5.41, 5.74) is 7.76. The van der Waals surface area contributed by atoms with Gasteiger partial charge in [-0.1, -0.05) is 32.0 Å². The highest BCUT2D eigenvalue weighted by atomic mass is 14.9. The zero-order valence-corrected chi connectivity index (χ0v) is 13.5. The van der Waals surface area contributed by atoms with E-state index >= 15 is 0 Å². The second kappa shape index (κ2) is 4.19. The fourth-order valence-corrected chi connectivity index (χ4v) is 4.49. The van der Waals surface area contributed by atoms with Gasteiger partial charge in [0.15, 0.2) is 6.20 Å². The van der Waals surface area contributed by atoms with Gasteiger partial charge in [0.25, 0.3) is 0 Å². The fraction of sp³-hybridized carbons (Fsp3) is 0.450. The van der Waals surface area contributed by atoms with Crippen LogP contribution in [0.2, 0.25) is 0 Å². The monoisotopic (exact) mass is 278 g/mol. The molecular weight excluding hydrogens is 254 g/mol. The van der Waals surface area contributed by atoms with E-state index in [9.17, 15) is 0 Å². The second-order valence-electron chi connectivity index (χ2n) is 7.58. The van der Waals surface area contributed by atoms with Gasteiger partial charge in [-0.2, -0.15) is 0 Å². The summed E-state index contributed by atoms with van der Waals surface area (Å²) in [6.45, 7) is 7.10. The molecule has 1 nitrogen and oxygen atoms in total. The molecule has 5 rings (SSSR count). The lowest BCUT2D eigenvalue weighted by atomic mass is 9.47. The molecule has 1 aromatic carbocycles. The van der Waals surface area contributed by atoms with E-state index in [1.54, 1.807) is 11.1 Å². The third-order valence-corrected chi connectivity index (χ3v) is 6.13. The molecule has 0 radical (unpaired) electrons. The summed E-state index contributed by atoms with van der Waals surface area (Å²) in [5.74, 6) is 1.65. The van der Waals surface area contributed by atoms with Gasteiger partial charge < -0.3 is 0 Å². The molecule has 3 aliphatic carbocycles. The van der Waals surface area contributed by atoms with Gasteiger partial charge in [-0.05, 0) is 54.2 Å². The third kappa shape index (κ3) is 1.73. The number of aromatic nitrogens is 1. The SMILES string of the molecule is Cc1ccccc1-c1cc2c(c[n+]1C)C1CC(C2)C1(C)C. The molecule has 0 saturated heterocycles. The van der Waals surface area contributed by atoms with Crippen molar-refractivity contribution in [1.82, 2.24) is 0 Å². The van der Waals surface area contributed by atoms with Gasteiger partial charge in [-0.15, -0.1) is 0 Å². The minimum absolute atomic E-state index is 0.504. The van der Waals surface area contributed by atoms with Crippen LogP contribution in [-0.2, 0) is 13.5 Å². The Morgan fingerprint density at radius 2 is 1.95 bits per heavy atom. The second-order valence-corrected chi connectivity index (χ2v) is 7.58. The minimum atomic E-state index is 0.504. The lowest BCUT2D eigenvalue weighted by Crippen LogP contribution is -2.49. The number of nitrogens with zero attached hydrogens (tertiary/aromatic N) is 1. The van der Waals surface area contributed by atoms with E-state index in [1.165, 1.54) is 29.7 Å².